The van der Waals surface area contributed by atoms with Crippen LogP contribution in [0.15, 0.2) is 0 Å². The summed E-state index contributed by atoms with van der Waals surface area (Å²) in [6, 6.07) is 0. The maximum Gasteiger partial charge on any atom is 0.331 e. The van der Waals surface area contributed by atoms with Crippen LogP contribution in [0.1, 0.15) is 110 Å². The SMILES string of the molecule is CCCCCCCCCCC(N)(C(=O)O)C(=O)CCCCCCC. The second-order valence-corrected chi connectivity index (χ2v) is 7.09. The Kier molecular flexibility index (Phi) is 13.9. The normalized spacial score (nSPS) is 13.6. The molecule has 0 spiro atoms. The quantitative estimate of drug-likeness (QED) is 0.280. The number of ketones is 1. The summed E-state index contributed by atoms with van der Waals surface area (Å²) in [5.41, 5.74) is 4.28. The fourth-order valence-corrected chi connectivity index (χ4v) is 3.02. The van der Waals surface area contributed by atoms with Crippen molar-refractivity contribution in [1.82, 2.24) is 0 Å². The molecular weight excluding hydrogens is 302 g/mol. The molecule has 0 aliphatic rings. The Bertz CT molecular complexity index is 344. The van der Waals surface area contributed by atoms with E-state index in [1.807, 2.05) is 0 Å². The molecule has 0 radical (unpaired) electrons. The van der Waals surface area contributed by atoms with Crippen molar-refractivity contribution < 1.29 is 14.7 Å². The summed E-state index contributed by atoms with van der Waals surface area (Å²) in [6.07, 6.45) is 14.8. The molecule has 0 aliphatic heterocycles. The smallest absolute Gasteiger partial charge is 0.331 e. The van der Waals surface area contributed by atoms with Crippen molar-refractivity contribution in [3.8, 4) is 0 Å². The zero-order chi connectivity index (χ0) is 18.3. The highest BCUT2D eigenvalue weighted by Crippen LogP contribution is 2.19. The number of hydrogen-bond acceptors (Lipinski definition) is 3. The van der Waals surface area contributed by atoms with Gasteiger partial charge in [-0.3, -0.25) is 4.79 Å². The van der Waals surface area contributed by atoms with Crippen LogP contribution in [0.4, 0.5) is 0 Å². The van der Waals surface area contributed by atoms with Crippen LogP contribution in [-0.4, -0.2) is 22.4 Å². The van der Waals surface area contributed by atoms with Gasteiger partial charge in [0.2, 0.25) is 0 Å². The number of carboxylic acid groups (broad SMARTS) is 1. The minimum Gasteiger partial charge on any atom is -0.480 e. The third-order valence-electron chi connectivity index (χ3n) is 4.81. The Labute approximate surface area is 148 Å². The molecule has 0 amide bonds. The van der Waals surface area contributed by atoms with Crippen LogP contribution in [0.5, 0.6) is 0 Å². The van der Waals surface area contributed by atoms with Gasteiger partial charge in [0.25, 0.3) is 0 Å². The van der Waals surface area contributed by atoms with Crippen LogP contribution in [0, 0.1) is 0 Å². The van der Waals surface area contributed by atoms with Crippen LogP contribution in [0.3, 0.4) is 0 Å². The maximum atomic E-state index is 12.3. The van der Waals surface area contributed by atoms with Gasteiger partial charge in [-0.2, -0.15) is 0 Å². The molecular formula is C20H39NO3. The topological polar surface area (TPSA) is 80.4 Å². The van der Waals surface area contributed by atoms with E-state index in [0.29, 0.717) is 6.42 Å². The van der Waals surface area contributed by atoms with Crippen LogP contribution < -0.4 is 5.73 Å². The summed E-state index contributed by atoms with van der Waals surface area (Å²) in [4.78, 5) is 23.8. The van der Waals surface area contributed by atoms with Crippen molar-refractivity contribution in [3.05, 3.63) is 0 Å². The number of nitrogens with two attached hydrogens (primary N) is 1. The Morgan fingerprint density at radius 2 is 1.17 bits per heavy atom. The van der Waals surface area contributed by atoms with Crippen LogP contribution in [0.25, 0.3) is 0 Å². The Hall–Kier alpha value is -0.900. The number of carbonyl (C=O) groups excluding carboxylic acids is 1. The molecule has 0 saturated carbocycles. The molecule has 0 aliphatic carbocycles. The van der Waals surface area contributed by atoms with Gasteiger partial charge in [0.05, 0.1) is 0 Å². The first-order valence-electron chi connectivity index (χ1n) is 10.0. The van der Waals surface area contributed by atoms with Gasteiger partial charge in [-0.05, 0) is 12.8 Å². The van der Waals surface area contributed by atoms with Crippen LogP contribution >= 0.6 is 0 Å². The summed E-state index contributed by atoms with van der Waals surface area (Å²) in [6.45, 7) is 4.35. The van der Waals surface area contributed by atoms with Crippen molar-refractivity contribution >= 4 is 11.8 Å². The van der Waals surface area contributed by atoms with E-state index in [4.69, 9.17) is 5.73 Å². The van der Waals surface area contributed by atoms with Gasteiger partial charge in [-0.25, -0.2) is 4.79 Å². The molecule has 0 aromatic heterocycles. The summed E-state index contributed by atoms with van der Waals surface area (Å²) < 4.78 is 0. The van der Waals surface area contributed by atoms with Gasteiger partial charge < -0.3 is 10.8 Å². The Morgan fingerprint density at radius 3 is 1.62 bits per heavy atom. The van der Waals surface area contributed by atoms with E-state index in [1.165, 1.54) is 38.5 Å². The van der Waals surface area contributed by atoms with E-state index in [-0.39, 0.29) is 12.2 Å². The van der Waals surface area contributed by atoms with Crippen molar-refractivity contribution in [2.24, 2.45) is 5.73 Å². The predicted octanol–water partition coefficient (Wildman–Crippen LogP) is 5.23. The third-order valence-corrected chi connectivity index (χ3v) is 4.81. The molecule has 3 N–H and O–H groups in total. The van der Waals surface area contributed by atoms with Crippen LogP contribution in [-0.2, 0) is 9.59 Å². The number of carbonyl (C=O) groups is 2. The number of unbranched alkanes of at least 4 members (excludes halogenated alkanes) is 11. The summed E-state index contributed by atoms with van der Waals surface area (Å²) in [7, 11) is 0. The zero-order valence-electron chi connectivity index (χ0n) is 15.9. The lowest BCUT2D eigenvalue weighted by molar-refractivity contribution is -0.148. The first kappa shape index (κ1) is 23.1. The second kappa shape index (κ2) is 14.4. The molecule has 0 heterocycles. The van der Waals surface area contributed by atoms with E-state index >= 15 is 0 Å². The van der Waals surface area contributed by atoms with E-state index in [2.05, 4.69) is 13.8 Å². The van der Waals surface area contributed by atoms with Gasteiger partial charge in [-0.1, -0.05) is 90.9 Å². The maximum absolute atomic E-state index is 12.3. The first-order chi connectivity index (χ1) is 11.5. The monoisotopic (exact) mass is 341 g/mol. The molecule has 1 unspecified atom stereocenters. The molecule has 0 aromatic rings. The van der Waals surface area contributed by atoms with Crippen LogP contribution in [0.2, 0.25) is 0 Å². The molecule has 0 rings (SSSR count). The van der Waals surface area contributed by atoms with E-state index in [0.717, 1.165) is 44.9 Å². The summed E-state index contributed by atoms with van der Waals surface area (Å²) >= 11 is 0. The zero-order valence-corrected chi connectivity index (χ0v) is 15.9. The minimum absolute atomic E-state index is 0.269. The lowest BCUT2D eigenvalue weighted by atomic mass is 9.86. The van der Waals surface area contributed by atoms with Gasteiger partial charge >= 0.3 is 5.97 Å². The molecule has 0 aromatic carbocycles. The van der Waals surface area contributed by atoms with Crippen molar-refractivity contribution in [2.45, 2.75) is 116 Å². The highest BCUT2D eigenvalue weighted by Gasteiger charge is 2.40. The fourth-order valence-electron chi connectivity index (χ4n) is 3.02. The molecule has 142 valence electrons. The Balaban J connectivity index is 4.02. The summed E-state index contributed by atoms with van der Waals surface area (Å²) in [5.74, 6) is -1.46. The largest absolute Gasteiger partial charge is 0.480 e. The number of Topliss-reactive ketones (excluding diaryl/α,β-unsaturated/α-hetero) is 1. The third kappa shape index (κ3) is 10.1. The average Bonchev–Trinajstić information content (AvgIpc) is 2.56. The predicted molar refractivity (Wildman–Crippen MR) is 100 cm³/mol. The average molecular weight is 342 g/mol. The van der Waals surface area contributed by atoms with E-state index in [1.54, 1.807) is 0 Å². The van der Waals surface area contributed by atoms with Gasteiger partial charge in [0.15, 0.2) is 11.3 Å². The molecule has 0 bridgehead atoms. The molecule has 0 fully saturated rings. The van der Waals surface area contributed by atoms with Crippen molar-refractivity contribution in [2.75, 3.05) is 0 Å². The minimum atomic E-state index is -1.67. The van der Waals surface area contributed by atoms with Gasteiger partial charge in [-0.15, -0.1) is 0 Å². The molecule has 1 atom stereocenters. The molecule has 0 saturated heterocycles. The van der Waals surface area contributed by atoms with E-state index < -0.39 is 11.5 Å². The van der Waals surface area contributed by atoms with Crippen molar-refractivity contribution in [3.63, 3.8) is 0 Å². The molecule has 4 heteroatoms. The standard InChI is InChI=1S/C20H39NO3/c1-3-5-7-9-10-11-13-15-17-20(21,19(23)24)18(22)16-14-12-8-6-4-2/h3-17,21H2,1-2H3,(H,23,24). The number of rotatable bonds is 17. The van der Waals surface area contributed by atoms with Gasteiger partial charge in [0.1, 0.15) is 0 Å². The van der Waals surface area contributed by atoms with E-state index in [9.17, 15) is 14.7 Å². The van der Waals surface area contributed by atoms with Crippen molar-refractivity contribution in [1.29, 1.82) is 0 Å². The number of carboxylic acids is 1. The fraction of sp³-hybridized carbons (Fsp3) is 0.900. The molecule has 24 heavy (non-hydrogen) atoms. The Morgan fingerprint density at radius 1 is 0.750 bits per heavy atom. The number of aliphatic carboxylic acids is 1. The summed E-state index contributed by atoms with van der Waals surface area (Å²) in [5, 5.41) is 9.40. The second-order valence-electron chi connectivity index (χ2n) is 7.09. The first-order valence-corrected chi connectivity index (χ1v) is 10.0. The lowest BCUT2D eigenvalue weighted by Gasteiger charge is -2.23. The molecule has 4 nitrogen and oxygen atoms in total. The van der Waals surface area contributed by atoms with Gasteiger partial charge in [0, 0.05) is 6.42 Å². The highest BCUT2D eigenvalue weighted by atomic mass is 16.4. The lowest BCUT2D eigenvalue weighted by Crippen LogP contribution is -2.54. The number of hydrogen-bond donors (Lipinski definition) is 2. The highest BCUT2D eigenvalue weighted by molar-refractivity contribution is 6.07.